The molecule has 0 heterocycles. The Balaban J connectivity index is 2.74. The summed E-state index contributed by atoms with van der Waals surface area (Å²) in [6.07, 6.45) is 2.84. The van der Waals surface area contributed by atoms with E-state index in [1.54, 1.807) is 24.3 Å². The number of nitrogens with two attached hydrogens (primary N) is 1. The van der Waals surface area contributed by atoms with E-state index in [9.17, 15) is 4.79 Å². The third-order valence-corrected chi connectivity index (χ3v) is 1.88. The van der Waals surface area contributed by atoms with E-state index in [1.165, 1.54) is 6.08 Å². The highest BCUT2D eigenvalue weighted by Crippen LogP contribution is 2.11. The number of hydrogen-bond donors (Lipinski definition) is 1. The van der Waals surface area contributed by atoms with Crippen molar-refractivity contribution in [3.8, 4) is 0 Å². The second-order valence-electron chi connectivity index (χ2n) is 2.54. The molecule has 1 amide bonds. The van der Waals surface area contributed by atoms with Crippen molar-refractivity contribution in [3.63, 3.8) is 0 Å². The van der Waals surface area contributed by atoms with Crippen LogP contribution < -0.4 is 5.84 Å². The van der Waals surface area contributed by atoms with Crippen LogP contribution in [0.15, 0.2) is 30.3 Å². The van der Waals surface area contributed by atoms with Gasteiger partial charge in [-0.25, -0.2) is 5.84 Å². The van der Waals surface area contributed by atoms with Gasteiger partial charge in [0, 0.05) is 22.9 Å². The van der Waals surface area contributed by atoms with E-state index in [1.807, 2.05) is 6.07 Å². The minimum absolute atomic E-state index is 0.487. The van der Waals surface area contributed by atoms with Gasteiger partial charge in [-0.05, 0) is 23.8 Å². The van der Waals surface area contributed by atoms with Crippen LogP contribution in [0.3, 0.4) is 0 Å². The number of halogens is 2. The van der Waals surface area contributed by atoms with Crippen LogP contribution in [-0.4, -0.2) is 10.4 Å². The summed E-state index contributed by atoms with van der Waals surface area (Å²) < 4.78 is 0.487. The standard InChI is InChI=1S/C9H8Cl2N2O/c10-8-3-1-2-7(6-8)4-5-9(14)13(11)12/h1-6H,12H2/b5-4+. The molecule has 0 saturated carbocycles. The quantitative estimate of drug-likeness (QED) is 0.279. The molecule has 1 rings (SSSR count). The molecule has 0 fully saturated rings. The van der Waals surface area contributed by atoms with Gasteiger partial charge >= 0.3 is 0 Å². The first-order valence-corrected chi connectivity index (χ1v) is 4.49. The van der Waals surface area contributed by atoms with Crippen molar-refractivity contribution in [1.29, 1.82) is 0 Å². The van der Waals surface area contributed by atoms with Gasteiger partial charge in [-0.15, -0.1) is 0 Å². The summed E-state index contributed by atoms with van der Waals surface area (Å²) in [5.74, 6) is 4.51. The predicted molar refractivity (Wildman–Crippen MR) is 57.4 cm³/mol. The fourth-order valence-electron chi connectivity index (χ4n) is 0.849. The van der Waals surface area contributed by atoms with Gasteiger partial charge in [-0.1, -0.05) is 23.7 Å². The molecule has 0 unspecified atom stereocenters. The minimum atomic E-state index is -0.494. The Labute approximate surface area is 91.8 Å². The van der Waals surface area contributed by atoms with E-state index < -0.39 is 5.91 Å². The molecule has 0 spiro atoms. The van der Waals surface area contributed by atoms with E-state index in [2.05, 4.69) is 0 Å². The molecule has 1 aromatic carbocycles. The first-order chi connectivity index (χ1) is 6.59. The number of hydrogen-bond acceptors (Lipinski definition) is 2. The molecule has 0 bridgehead atoms. The van der Waals surface area contributed by atoms with Crippen LogP contribution >= 0.6 is 23.4 Å². The number of amides is 1. The van der Waals surface area contributed by atoms with Crippen molar-refractivity contribution in [2.75, 3.05) is 0 Å². The molecule has 0 aromatic heterocycles. The molecule has 0 aliphatic carbocycles. The maximum Gasteiger partial charge on any atom is 0.275 e. The number of carbonyl (C=O) groups is 1. The second-order valence-corrected chi connectivity index (χ2v) is 3.34. The minimum Gasteiger partial charge on any atom is -0.267 e. The van der Waals surface area contributed by atoms with E-state index in [0.717, 1.165) is 5.56 Å². The lowest BCUT2D eigenvalue weighted by molar-refractivity contribution is -0.121. The summed E-state index contributed by atoms with van der Waals surface area (Å²) in [6.45, 7) is 0. The zero-order chi connectivity index (χ0) is 10.6. The van der Waals surface area contributed by atoms with E-state index in [-0.39, 0.29) is 0 Å². The monoisotopic (exact) mass is 230 g/mol. The maximum absolute atomic E-state index is 11.0. The number of carbonyl (C=O) groups excluding carboxylic acids is 1. The molecule has 2 N–H and O–H groups in total. The smallest absolute Gasteiger partial charge is 0.267 e. The maximum atomic E-state index is 11.0. The SMILES string of the molecule is NN(Cl)C(=O)/C=C/c1cccc(Cl)c1. The predicted octanol–water partition coefficient (Wildman–Crippen LogP) is 2.21. The Morgan fingerprint density at radius 3 is 2.79 bits per heavy atom. The molecule has 0 saturated heterocycles. The van der Waals surface area contributed by atoms with Crippen molar-refractivity contribution in [3.05, 3.63) is 40.9 Å². The lowest BCUT2D eigenvalue weighted by Crippen LogP contribution is -2.25. The second kappa shape index (κ2) is 5.00. The first kappa shape index (κ1) is 11.0. The normalized spacial score (nSPS) is 10.5. The molecule has 14 heavy (non-hydrogen) atoms. The van der Waals surface area contributed by atoms with Crippen molar-refractivity contribution >= 4 is 35.4 Å². The van der Waals surface area contributed by atoms with Gasteiger partial charge in [0.15, 0.2) is 0 Å². The molecular weight excluding hydrogens is 223 g/mol. The highest BCUT2D eigenvalue weighted by molar-refractivity contribution is 6.30. The van der Waals surface area contributed by atoms with Crippen molar-refractivity contribution in [2.45, 2.75) is 0 Å². The van der Waals surface area contributed by atoms with Crippen molar-refractivity contribution < 1.29 is 4.79 Å². The summed E-state index contributed by atoms with van der Waals surface area (Å²) >= 11 is 11.0. The zero-order valence-corrected chi connectivity index (χ0v) is 8.66. The summed E-state index contributed by atoms with van der Waals surface area (Å²) in [5.41, 5.74) is 0.810. The highest BCUT2D eigenvalue weighted by Gasteiger charge is 1.99. The van der Waals surface area contributed by atoms with Crippen molar-refractivity contribution in [1.82, 2.24) is 4.53 Å². The van der Waals surface area contributed by atoms with Gasteiger partial charge in [-0.3, -0.25) is 4.79 Å². The van der Waals surface area contributed by atoms with Gasteiger partial charge in [0.2, 0.25) is 0 Å². The topological polar surface area (TPSA) is 46.3 Å². The summed E-state index contributed by atoms with van der Waals surface area (Å²) in [5, 5.41) is 0.607. The van der Waals surface area contributed by atoms with Crippen LogP contribution in [0.4, 0.5) is 0 Å². The Morgan fingerprint density at radius 2 is 2.21 bits per heavy atom. The Bertz CT molecular complexity index is 364. The number of nitrogens with zero attached hydrogens (tertiary/aromatic N) is 1. The van der Waals surface area contributed by atoms with Crippen LogP contribution in [0.5, 0.6) is 0 Å². The fourth-order valence-corrected chi connectivity index (χ4v) is 1.10. The number of hydrazine groups is 1. The van der Waals surface area contributed by atoms with Crippen molar-refractivity contribution in [2.24, 2.45) is 5.84 Å². The molecule has 3 nitrogen and oxygen atoms in total. The molecule has 1 aromatic rings. The fraction of sp³-hybridized carbons (Fsp3) is 0. The van der Waals surface area contributed by atoms with Crippen LogP contribution in [0, 0.1) is 0 Å². The third kappa shape index (κ3) is 3.38. The summed E-state index contributed by atoms with van der Waals surface area (Å²) in [6, 6.07) is 7.07. The molecule has 5 heteroatoms. The Kier molecular flexibility index (Phi) is 3.95. The van der Waals surface area contributed by atoms with Gasteiger partial charge in [0.25, 0.3) is 5.91 Å². The molecule has 0 atom stereocenters. The zero-order valence-electron chi connectivity index (χ0n) is 7.15. The van der Waals surface area contributed by atoms with Crippen LogP contribution in [0.1, 0.15) is 5.56 Å². The average molecular weight is 231 g/mol. The number of rotatable bonds is 2. The molecule has 0 aliphatic heterocycles. The average Bonchev–Trinajstić information content (AvgIpc) is 2.14. The van der Waals surface area contributed by atoms with Gasteiger partial charge in [0.05, 0.1) is 0 Å². The summed E-state index contributed by atoms with van der Waals surface area (Å²) in [4.78, 5) is 11.0. The number of benzene rings is 1. The molecule has 0 aliphatic rings. The van der Waals surface area contributed by atoms with E-state index >= 15 is 0 Å². The van der Waals surface area contributed by atoms with Crippen LogP contribution in [-0.2, 0) is 4.79 Å². The van der Waals surface area contributed by atoms with E-state index in [0.29, 0.717) is 9.55 Å². The lowest BCUT2D eigenvalue weighted by atomic mass is 10.2. The molecular formula is C9H8Cl2N2O. The van der Waals surface area contributed by atoms with Gasteiger partial charge < -0.3 is 0 Å². The molecule has 0 radical (unpaired) electrons. The van der Waals surface area contributed by atoms with Gasteiger partial charge in [-0.2, -0.15) is 4.53 Å². The van der Waals surface area contributed by atoms with Crippen LogP contribution in [0.2, 0.25) is 5.02 Å². The largest absolute Gasteiger partial charge is 0.275 e. The Hall–Kier alpha value is -1.03. The highest BCUT2D eigenvalue weighted by atomic mass is 35.5. The van der Waals surface area contributed by atoms with Gasteiger partial charge in [0.1, 0.15) is 0 Å². The third-order valence-electron chi connectivity index (χ3n) is 1.48. The van der Waals surface area contributed by atoms with Crippen LogP contribution in [0.25, 0.3) is 6.08 Å². The lowest BCUT2D eigenvalue weighted by Gasteiger charge is -2.00. The molecule has 74 valence electrons. The Morgan fingerprint density at radius 1 is 1.50 bits per heavy atom. The summed E-state index contributed by atoms with van der Waals surface area (Å²) in [7, 11) is 0. The van der Waals surface area contributed by atoms with E-state index in [4.69, 9.17) is 29.2 Å². The first-order valence-electron chi connectivity index (χ1n) is 3.78.